The zero-order valence-electron chi connectivity index (χ0n) is 16.1. The number of carbonyl (C=O) groups excluding carboxylic acids is 1. The fourth-order valence-electron chi connectivity index (χ4n) is 2.67. The molecule has 0 aliphatic carbocycles. The monoisotopic (exact) mass is 382 g/mol. The quantitative estimate of drug-likeness (QED) is 0.550. The van der Waals surface area contributed by atoms with E-state index in [1.165, 1.54) is 5.56 Å². The minimum Gasteiger partial charge on any atom is -0.493 e. The van der Waals surface area contributed by atoms with Crippen molar-refractivity contribution < 1.29 is 23.5 Å². The molecule has 0 atom stereocenters. The van der Waals surface area contributed by atoms with Gasteiger partial charge < -0.3 is 18.7 Å². The molecule has 7 nitrogen and oxygen atoms in total. The lowest BCUT2D eigenvalue weighted by Gasteiger charge is -2.09. The third-order valence-corrected chi connectivity index (χ3v) is 4.24. The van der Waals surface area contributed by atoms with Gasteiger partial charge in [-0.25, -0.2) is 0 Å². The molecule has 0 unspecified atom stereocenters. The molecular weight excluding hydrogens is 360 g/mol. The Balaban J connectivity index is 1.57. The van der Waals surface area contributed by atoms with Crippen LogP contribution in [-0.2, 0) is 29.0 Å². The molecule has 2 aromatic carbocycles. The minimum atomic E-state index is -0.403. The highest BCUT2D eigenvalue weighted by Gasteiger charge is 2.13. The van der Waals surface area contributed by atoms with E-state index in [0.29, 0.717) is 17.3 Å². The lowest BCUT2D eigenvalue weighted by atomic mass is 10.1. The van der Waals surface area contributed by atoms with Crippen molar-refractivity contribution in [1.82, 2.24) is 10.1 Å². The number of esters is 1. The lowest BCUT2D eigenvalue weighted by molar-refractivity contribution is -0.144. The van der Waals surface area contributed by atoms with Gasteiger partial charge in [0.2, 0.25) is 5.82 Å². The van der Waals surface area contributed by atoms with Gasteiger partial charge in [-0.3, -0.25) is 4.79 Å². The van der Waals surface area contributed by atoms with E-state index in [9.17, 15) is 4.79 Å². The third kappa shape index (κ3) is 4.68. The van der Waals surface area contributed by atoms with Crippen LogP contribution in [0, 0.1) is 0 Å². The van der Waals surface area contributed by atoms with Crippen LogP contribution in [0.15, 0.2) is 47.0 Å². The van der Waals surface area contributed by atoms with Crippen molar-refractivity contribution in [2.45, 2.75) is 26.4 Å². The molecule has 1 aromatic heterocycles. The van der Waals surface area contributed by atoms with Gasteiger partial charge in [-0.1, -0.05) is 42.4 Å². The Labute approximate surface area is 163 Å². The first-order valence-electron chi connectivity index (χ1n) is 8.91. The second kappa shape index (κ2) is 9.03. The molecule has 0 fully saturated rings. The van der Waals surface area contributed by atoms with Crippen molar-refractivity contribution in [2.24, 2.45) is 0 Å². The molecule has 3 rings (SSSR count). The second-order valence-corrected chi connectivity index (χ2v) is 6.09. The summed E-state index contributed by atoms with van der Waals surface area (Å²) >= 11 is 0. The van der Waals surface area contributed by atoms with Crippen LogP contribution >= 0.6 is 0 Å². The van der Waals surface area contributed by atoms with Crippen molar-refractivity contribution in [3.05, 3.63) is 59.5 Å². The Kier molecular flexibility index (Phi) is 6.26. The van der Waals surface area contributed by atoms with E-state index in [-0.39, 0.29) is 18.9 Å². The maximum atomic E-state index is 12.1. The van der Waals surface area contributed by atoms with Crippen LogP contribution in [0.1, 0.15) is 23.9 Å². The van der Waals surface area contributed by atoms with Crippen LogP contribution in [-0.4, -0.2) is 30.3 Å². The molecule has 0 bridgehead atoms. The summed E-state index contributed by atoms with van der Waals surface area (Å²) < 4.78 is 20.8. The topological polar surface area (TPSA) is 83.7 Å². The van der Waals surface area contributed by atoms with Gasteiger partial charge in [-0.2, -0.15) is 4.98 Å². The van der Waals surface area contributed by atoms with Gasteiger partial charge in [-0.15, -0.1) is 0 Å². The number of nitrogens with zero attached hydrogens (tertiary/aromatic N) is 2. The summed E-state index contributed by atoms with van der Waals surface area (Å²) in [6.45, 7) is 2.02. The van der Waals surface area contributed by atoms with Crippen LogP contribution in [0.2, 0.25) is 0 Å². The average molecular weight is 382 g/mol. The summed E-state index contributed by atoms with van der Waals surface area (Å²) in [5.41, 5.74) is 2.84. The lowest BCUT2D eigenvalue weighted by Crippen LogP contribution is -2.08. The first-order chi connectivity index (χ1) is 13.6. The van der Waals surface area contributed by atoms with E-state index in [1.54, 1.807) is 32.4 Å². The molecule has 28 heavy (non-hydrogen) atoms. The van der Waals surface area contributed by atoms with E-state index in [0.717, 1.165) is 17.5 Å². The van der Waals surface area contributed by atoms with Crippen molar-refractivity contribution in [1.29, 1.82) is 0 Å². The van der Waals surface area contributed by atoms with Gasteiger partial charge in [0.25, 0.3) is 5.89 Å². The highest BCUT2D eigenvalue weighted by atomic mass is 16.6. The van der Waals surface area contributed by atoms with Crippen molar-refractivity contribution in [2.75, 3.05) is 14.2 Å². The Morgan fingerprint density at radius 1 is 1.00 bits per heavy atom. The molecule has 3 aromatic rings. The molecular formula is C21H22N2O5. The maximum absolute atomic E-state index is 12.1. The summed E-state index contributed by atoms with van der Waals surface area (Å²) in [6.07, 6.45) is 1.06. The number of aromatic nitrogens is 2. The molecule has 0 N–H and O–H groups in total. The SMILES string of the molecule is CCc1ccc(-c2noc(COC(=O)Cc3ccc(OC)c(OC)c3)n2)cc1. The highest BCUT2D eigenvalue weighted by molar-refractivity contribution is 5.73. The number of hydrogen-bond donors (Lipinski definition) is 0. The largest absolute Gasteiger partial charge is 0.493 e. The van der Waals surface area contributed by atoms with Crippen molar-refractivity contribution in [3.63, 3.8) is 0 Å². The van der Waals surface area contributed by atoms with Crippen molar-refractivity contribution in [3.8, 4) is 22.9 Å². The van der Waals surface area contributed by atoms with Gasteiger partial charge in [0.05, 0.1) is 20.6 Å². The molecule has 0 saturated heterocycles. The van der Waals surface area contributed by atoms with Crippen LogP contribution in [0.4, 0.5) is 0 Å². The highest BCUT2D eigenvalue weighted by Crippen LogP contribution is 2.27. The summed E-state index contributed by atoms with van der Waals surface area (Å²) in [5.74, 6) is 1.47. The first-order valence-corrected chi connectivity index (χ1v) is 8.91. The molecule has 0 radical (unpaired) electrons. The van der Waals surface area contributed by atoms with E-state index >= 15 is 0 Å². The summed E-state index contributed by atoms with van der Waals surface area (Å²) in [7, 11) is 3.10. The number of methoxy groups -OCH3 is 2. The number of benzene rings is 2. The smallest absolute Gasteiger partial charge is 0.310 e. The van der Waals surface area contributed by atoms with Crippen molar-refractivity contribution >= 4 is 5.97 Å². The Morgan fingerprint density at radius 2 is 1.71 bits per heavy atom. The summed E-state index contributed by atoms with van der Waals surface area (Å²) in [6, 6.07) is 13.2. The zero-order chi connectivity index (χ0) is 19.9. The molecule has 146 valence electrons. The summed E-state index contributed by atoms with van der Waals surface area (Å²) in [4.78, 5) is 16.4. The van der Waals surface area contributed by atoms with E-state index in [4.69, 9.17) is 18.7 Å². The number of carbonyl (C=O) groups is 1. The predicted molar refractivity (Wildman–Crippen MR) is 102 cm³/mol. The number of rotatable bonds is 8. The van der Waals surface area contributed by atoms with E-state index in [2.05, 4.69) is 17.1 Å². The Bertz CT molecular complexity index is 934. The molecule has 0 spiro atoms. The van der Waals surface area contributed by atoms with Crippen LogP contribution in [0.25, 0.3) is 11.4 Å². The standard InChI is InChI=1S/C21H22N2O5/c1-4-14-5-8-16(9-6-14)21-22-19(28-23-21)13-27-20(24)12-15-7-10-17(25-2)18(11-15)26-3/h5-11H,4,12-13H2,1-3H3. The third-order valence-electron chi connectivity index (χ3n) is 4.24. The predicted octanol–water partition coefficient (Wildman–Crippen LogP) is 3.60. The average Bonchev–Trinajstić information content (AvgIpc) is 3.21. The number of ether oxygens (including phenoxy) is 3. The van der Waals surface area contributed by atoms with Gasteiger partial charge >= 0.3 is 5.97 Å². The normalized spacial score (nSPS) is 10.5. The van der Waals surface area contributed by atoms with E-state index in [1.807, 2.05) is 24.3 Å². The van der Waals surface area contributed by atoms with E-state index < -0.39 is 5.97 Å². The number of hydrogen-bond acceptors (Lipinski definition) is 7. The van der Waals surface area contributed by atoms with Gasteiger partial charge in [-0.05, 0) is 29.7 Å². The number of aryl methyl sites for hydroxylation is 1. The molecule has 1 heterocycles. The molecule has 0 saturated carbocycles. The fraction of sp³-hybridized carbons (Fsp3) is 0.286. The van der Waals surface area contributed by atoms with Crippen LogP contribution in [0.5, 0.6) is 11.5 Å². The summed E-state index contributed by atoms with van der Waals surface area (Å²) in [5, 5.41) is 3.94. The second-order valence-electron chi connectivity index (χ2n) is 6.09. The maximum Gasteiger partial charge on any atom is 0.310 e. The molecule has 7 heteroatoms. The Hall–Kier alpha value is -3.35. The molecule has 0 amide bonds. The van der Waals surface area contributed by atoms with Crippen LogP contribution in [0.3, 0.4) is 0 Å². The first kappa shape index (κ1) is 19.4. The van der Waals surface area contributed by atoms with Gasteiger partial charge in [0.15, 0.2) is 18.1 Å². The molecule has 0 aliphatic rings. The van der Waals surface area contributed by atoms with Crippen LogP contribution < -0.4 is 9.47 Å². The molecule has 0 aliphatic heterocycles. The zero-order valence-corrected chi connectivity index (χ0v) is 16.1. The fourth-order valence-corrected chi connectivity index (χ4v) is 2.67. The minimum absolute atomic E-state index is 0.0772. The Morgan fingerprint density at radius 3 is 2.39 bits per heavy atom. The van der Waals surface area contributed by atoms with Gasteiger partial charge in [0.1, 0.15) is 0 Å². The van der Waals surface area contributed by atoms with Gasteiger partial charge in [0, 0.05) is 5.56 Å².